The highest BCUT2D eigenvalue weighted by atomic mass is 16.3. The van der Waals surface area contributed by atoms with Crippen molar-refractivity contribution in [2.75, 3.05) is 13.2 Å². The first kappa shape index (κ1) is 14.4. The molecule has 104 valence electrons. The molecular weight excluding hydrogens is 252 g/mol. The summed E-state index contributed by atoms with van der Waals surface area (Å²) in [6, 6.07) is 14.8. The molecule has 1 aromatic heterocycles. The highest BCUT2D eigenvalue weighted by Gasteiger charge is 2.11. The minimum absolute atomic E-state index is 0.00178. The summed E-state index contributed by atoms with van der Waals surface area (Å²) in [4.78, 5) is 15.9. The van der Waals surface area contributed by atoms with Crippen LogP contribution in [-0.2, 0) is 0 Å². The third-order valence-electron chi connectivity index (χ3n) is 3.08. The Kier molecular flexibility index (Phi) is 5.41. The van der Waals surface area contributed by atoms with E-state index in [1.165, 1.54) is 0 Å². The van der Waals surface area contributed by atoms with Gasteiger partial charge in [-0.1, -0.05) is 36.4 Å². The quantitative estimate of drug-likeness (QED) is 0.755. The molecule has 1 heterocycles. The first-order chi connectivity index (χ1) is 9.81. The van der Waals surface area contributed by atoms with E-state index in [-0.39, 0.29) is 18.4 Å². The van der Waals surface area contributed by atoms with Gasteiger partial charge in [0.05, 0.1) is 12.6 Å². The Morgan fingerprint density at radius 3 is 2.55 bits per heavy atom. The molecule has 0 spiro atoms. The number of hydrogen-bond donors (Lipinski definition) is 2. The molecule has 2 rings (SSSR count). The van der Waals surface area contributed by atoms with Crippen molar-refractivity contribution in [3.63, 3.8) is 0 Å². The van der Waals surface area contributed by atoms with E-state index in [4.69, 9.17) is 0 Å². The summed E-state index contributed by atoms with van der Waals surface area (Å²) >= 11 is 0. The first-order valence-corrected chi connectivity index (χ1v) is 6.64. The minimum atomic E-state index is -0.146. The Morgan fingerprint density at radius 2 is 1.90 bits per heavy atom. The van der Waals surface area contributed by atoms with Gasteiger partial charge in [-0.25, -0.2) is 0 Å². The van der Waals surface area contributed by atoms with Crippen molar-refractivity contribution in [2.45, 2.75) is 12.5 Å². The second kappa shape index (κ2) is 7.53. The van der Waals surface area contributed by atoms with Gasteiger partial charge in [0.2, 0.25) is 0 Å². The lowest BCUT2D eigenvalue weighted by Crippen LogP contribution is -2.26. The zero-order chi connectivity index (χ0) is 14.2. The van der Waals surface area contributed by atoms with Gasteiger partial charge in [0.15, 0.2) is 5.78 Å². The average molecular weight is 270 g/mol. The van der Waals surface area contributed by atoms with Crippen LogP contribution in [0.3, 0.4) is 0 Å². The Hall–Kier alpha value is -2.04. The summed E-state index contributed by atoms with van der Waals surface area (Å²) < 4.78 is 0. The van der Waals surface area contributed by atoms with E-state index < -0.39 is 0 Å². The maximum atomic E-state index is 11.9. The van der Waals surface area contributed by atoms with Gasteiger partial charge >= 0.3 is 0 Å². The molecule has 20 heavy (non-hydrogen) atoms. The summed E-state index contributed by atoms with van der Waals surface area (Å²) in [5.41, 5.74) is 1.50. The predicted molar refractivity (Wildman–Crippen MR) is 77.5 cm³/mol. The Morgan fingerprint density at radius 1 is 1.15 bits per heavy atom. The van der Waals surface area contributed by atoms with Gasteiger partial charge in [-0.05, 0) is 17.7 Å². The summed E-state index contributed by atoms with van der Waals surface area (Å²) in [6.45, 7) is 0.511. The number of aliphatic hydroxyl groups is 1. The van der Waals surface area contributed by atoms with Crippen molar-refractivity contribution in [3.05, 3.63) is 66.0 Å². The van der Waals surface area contributed by atoms with Gasteiger partial charge in [0.1, 0.15) is 5.69 Å². The molecule has 0 saturated carbocycles. The monoisotopic (exact) mass is 270 g/mol. The Balaban J connectivity index is 1.84. The highest BCUT2D eigenvalue weighted by molar-refractivity contribution is 5.94. The van der Waals surface area contributed by atoms with E-state index in [1.807, 2.05) is 30.3 Å². The normalized spacial score (nSPS) is 12.1. The number of nitrogens with one attached hydrogen (secondary N) is 1. The minimum Gasteiger partial charge on any atom is -0.394 e. The number of nitrogens with zero attached hydrogens (tertiary/aromatic N) is 1. The van der Waals surface area contributed by atoms with Gasteiger partial charge < -0.3 is 10.4 Å². The molecule has 0 aliphatic carbocycles. The van der Waals surface area contributed by atoms with Crippen molar-refractivity contribution in [1.82, 2.24) is 10.3 Å². The van der Waals surface area contributed by atoms with Gasteiger partial charge in [0, 0.05) is 19.2 Å². The molecule has 0 aliphatic rings. The third kappa shape index (κ3) is 3.98. The van der Waals surface area contributed by atoms with Crippen LogP contribution in [0.15, 0.2) is 54.7 Å². The van der Waals surface area contributed by atoms with E-state index in [0.717, 1.165) is 5.56 Å². The summed E-state index contributed by atoms with van der Waals surface area (Å²) in [5.74, 6) is 0.00264. The van der Waals surface area contributed by atoms with Gasteiger partial charge in [-0.3, -0.25) is 9.78 Å². The average Bonchev–Trinajstić information content (AvgIpc) is 2.53. The van der Waals surface area contributed by atoms with E-state index >= 15 is 0 Å². The van der Waals surface area contributed by atoms with Crippen molar-refractivity contribution in [2.24, 2.45) is 0 Å². The summed E-state index contributed by atoms with van der Waals surface area (Å²) in [5, 5.41) is 12.6. The SMILES string of the molecule is O=C(CCNC(CO)c1ccccc1)c1ccccn1. The lowest BCUT2D eigenvalue weighted by atomic mass is 10.1. The summed E-state index contributed by atoms with van der Waals surface area (Å²) in [7, 11) is 0. The number of carbonyl (C=O) groups is 1. The molecule has 2 aromatic rings. The van der Waals surface area contributed by atoms with Gasteiger partial charge in [-0.2, -0.15) is 0 Å². The Labute approximate surface area is 118 Å². The standard InChI is InChI=1S/C16H18N2O2/c19-12-15(13-6-2-1-3-7-13)18-11-9-16(20)14-8-4-5-10-17-14/h1-8,10,15,18-19H,9,11-12H2. The van der Waals surface area contributed by atoms with Crippen LogP contribution in [0, 0.1) is 0 Å². The number of Topliss-reactive ketones (excluding diaryl/α,β-unsaturated/α-hetero) is 1. The van der Waals surface area contributed by atoms with Crippen molar-refractivity contribution in [3.8, 4) is 0 Å². The number of benzene rings is 1. The van der Waals surface area contributed by atoms with Gasteiger partial charge in [-0.15, -0.1) is 0 Å². The van der Waals surface area contributed by atoms with Gasteiger partial charge in [0.25, 0.3) is 0 Å². The predicted octanol–water partition coefficient (Wildman–Crippen LogP) is 1.98. The van der Waals surface area contributed by atoms with Crippen LogP contribution in [-0.4, -0.2) is 29.0 Å². The Bertz CT molecular complexity index is 529. The molecule has 4 heteroatoms. The molecule has 0 bridgehead atoms. The topological polar surface area (TPSA) is 62.2 Å². The fourth-order valence-electron chi connectivity index (χ4n) is 1.99. The largest absolute Gasteiger partial charge is 0.394 e. The van der Waals surface area contributed by atoms with E-state index in [1.54, 1.807) is 24.4 Å². The molecule has 0 saturated heterocycles. The number of ketones is 1. The number of aliphatic hydroxyl groups excluding tert-OH is 1. The van der Waals surface area contributed by atoms with Crippen LogP contribution in [0.4, 0.5) is 0 Å². The zero-order valence-electron chi connectivity index (χ0n) is 11.2. The molecule has 0 amide bonds. The fraction of sp³-hybridized carbons (Fsp3) is 0.250. The van der Waals surface area contributed by atoms with Crippen molar-refractivity contribution < 1.29 is 9.90 Å². The van der Waals surface area contributed by atoms with Crippen molar-refractivity contribution >= 4 is 5.78 Å². The molecule has 2 N–H and O–H groups in total. The smallest absolute Gasteiger partial charge is 0.182 e. The molecule has 1 atom stereocenters. The second-order valence-corrected chi connectivity index (χ2v) is 4.49. The lowest BCUT2D eigenvalue weighted by molar-refractivity contribution is 0.0975. The van der Waals surface area contributed by atoms with E-state index in [2.05, 4.69) is 10.3 Å². The number of rotatable bonds is 7. The molecule has 0 aliphatic heterocycles. The molecular formula is C16H18N2O2. The maximum absolute atomic E-state index is 11.9. The van der Waals surface area contributed by atoms with Crippen LogP contribution < -0.4 is 5.32 Å². The summed E-state index contributed by atoms with van der Waals surface area (Å²) in [6.07, 6.45) is 1.97. The highest BCUT2D eigenvalue weighted by Crippen LogP contribution is 2.11. The van der Waals surface area contributed by atoms with Crippen LogP contribution in [0.1, 0.15) is 28.5 Å². The van der Waals surface area contributed by atoms with E-state index in [0.29, 0.717) is 18.7 Å². The van der Waals surface area contributed by atoms with Crippen molar-refractivity contribution in [1.29, 1.82) is 0 Å². The second-order valence-electron chi connectivity index (χ2n) is 4.49. The number of pyridine rings is 1. The lowest BCUT2D eigenvalue weighted by Gasteiger charge is -2.16. The molecule has 4 nitrogen and oxygen atoms in total. The molecule has 1 aromatic carbocycles. The zero-order valence-corrected chi connectivity index (χ0v) is 11.2. The van der Waals surface area contributed by atoms with Crippen LogP contribution in [0.2, 0.25) is 0 Å². The fourth-order valence-corrected chi connectivity index (χ4v) is 1.99. The third-order valence-corrected chi connectivity index (χ3v) is 3.08. The van der Waals surface area contributed by atoms with Crippen LogP contribution >= 0.6 is 0 Å². The van der Waals surface area contributed by atoms with Crippen LogP contribution in [0.5, 0.6) is 0 Å². The maximum Gasteiger partial charge on any atom is 0.182 e. The number of aromatic nitrogens is 1. The molecule has 1 unspecified atom stereocenters. The number of hydrogen-bond acceptors (Lipinski definition) is 4. The van der Waals surface area contributed by atoms with Crippen LogP contribution in [0.25, 0.3) is 0 Å². The van der Waals surface area contributed by atoms with E-state index in [9.17, 15) is 9.90 Å². The molecule has 0 radical (unpaired) electrons. The number of carbonyl (C=O) groups excluding carboxylic acids is 1. The first-order valence-electron chi connectivity index (χ1n) is 6.64. The molecule has 0 fully saturated rings.